The Hall–Kier alpha value is -1.62. The van der Waals surface area contributed by atoms with Crippen molar-refractivity contribution in [2.24, 2.45) is 5.73 Å². The van der Waals surface area contributed by atoms with Crippen LogP contribution in [0.25, 0.3) is 0 Å². The highest BCUT2D eigenvalue weighted by Crippen LogP contribution is 2.18. The number of anilines is 1. The van der Waals surface area contributed by atoms with Crippen molar-refractivity contribution in [2.45, 2.75) is 12.5 Å². The molecule has 86 valence electrons. The first-order valence-electron chi connectivity index (χ1n) is 5.07. The maximum Gasteiger partial charge on any atom is 0.321 e. The third-order valence-electron chi connectivity index (χ3n) is 2.47. The van der Waals surface area contributed by atoms with Crippen molar-refractivity contribution in [1.29, 1.82) is 0 Å². The van der Waals surface area contributed by atoms with E-state index in [-0.39, 0.29) is 17.4 Å². The van der Waals surface area contributed by atoms with Crippen molar-refractivity contribution in [3.05, 3.63) is 30.1 Å². The van der Waals surface area contributed by atoms with E-state index in [1.807, 2.05) is 6.92 Å². The number of nitrogens with two attached hydrogens (primary N) is 1. The SMILES string of the molecule is CC1(N)CN(C(=O)Nc2cccc(F)c2)C1. The summed E-state index contributed by atoms with van der Waals surface area (Å²) in [6, 6.07) is 5.56. The predicted molar refractivity (Wildman–Crippen MR) is 59.6 cm³/mol. The average molecular weight is 223 g/mol. The molecule has 16 heavy (non-hydrogen) atoms. The standard InChI is InChI=1S/C11H14FN3O/c1-11(13)6-15(7-11)10(16)14-9-4-2-3-8(12)5-9/h2-5H,6-7,13H2,1H3,(H,14,16). The first-order valence-corrected chi connectivity index (χ1v) is 5.07. The molecule has 0 bridgehead atoms. The van der Waals surface area contributed by atoms with Gasteiger partial charge in [0.2, 0.25) is 0 Å². The lowest BCUT2D eigenvalue weighted by Crippen LogP contribution is -2.67. The van der Waals surface area contributed by atoms with Gasteiger partial charge in [0.1, 0.15) is 5.82 Å². The van der Waals surface area contributed by atoms with E-state index in [1.54, 1.807) is 17.0 Å². The minimum Gasteiger partial charge on any atom is -0.322 e. The van der Waals surface area contributed by atoms with Gasteiger partial charge in [0, 0.05) is 24.3 Å². The fourth-order valence-electron chi connectivity index (χ4n) is 1.74. The average Bonchev–Trinajstić information content (AvgIpc) is 2.13. The lowest BCUT2D eigenvalue weighted by atomic mass is 9.94. The summed E-state index contributed by atoms with van der Waals surface area (Å²) >= 11 is 0. The smallest absolute Gasteiger partial charge is 0.321 e. The number of nitrogens with one attached hydrogen (secondary N) is 1. The normalized spacial score (nSPS) is 17.8. The van der Waals surface area contributed by atoms with Crippen LogP contribution in [0.2, 0.25) is 0 Å². The fourth-order valence-corrected chi connectivity index (χ4v) is 1.74. The van der Waals surface area contributed by atoms with Crippen LogP contribution >= 0.6 is 0 Å². The van der Waals surface area contributed by atoms with Gasteiger partial charge in [0.15, 0.2) is 0 Å². The van der Waals surface area contributed by atoms with Crippen LogP contribution in [0, 0.1) is 5.82 Å². The molecule has 1 saturated heterocycles. The summed E-state index contributed by atoms with van der Waals surface area (Å²) in [5, 5.41) is 2.61. The molecule has 0 aromatic heterocycles. The molecule has 1 aliphatic heterocycles. The van der Waals surface area contributed by atoms with Crippen LogP contribution in [0.1, 0.15) is 6.92 Å². The van der Waals surface area contributed by atoms with Crippen LogP contribution in [0.4, 0.5) is 14.9 Å². The van der Waals surface area contributed by atoms with Gasteiger partial charge in [-0.15, -0.1) is 0 Å². The van der Waals surface area contributed by atoms with Gasteiger partial charge in [-0.3, -0.25) is 0 Å². The third-order valence-corrected chi connectivity index (χ3v) is 2.47. The maximum absolute atomic E-state index is 12.9. The van der Waals surface area contributed by atoms with E-state index < -0.39 is 0 Å². The first-order chi connectivity index (χ1) is 7.46. The highest BCUT2D eigenvalue weighted by atomic mass is 19.1. The van der Waals surface area contributed by atoms with Crippen molar-refractivity contribution >= 4 is 11.7 Å². The molecule has 0 spiro atoms. The van der Waals surface area contributed by atoms with Crippen LogP contribution in [-0.2, 0) is 0 Å². The zero-order valence-corrected chi connectivity index (χ0v) is 9.03. The molecule has 2 rings (SSSR count). The minimum absolute atomic E-state index is 0.242. The molecule has 0 aliphatic carbocycles. The Morgan fingerprint density at radius 3 is 2.81 bits per heavy atom. The molecule has 1 aliphatic rings. The molecule has 4 nitrogen and oxygen atoms in total. The molecular weight excluding hydrogens is 209 g/mol. The molecule has 0 radical (unpaired) electrons. The predicted octanol–water partition coefficient (Wildman–Crippen LogP) is 1.39. The van der Waals surface area contributed by atoms with Gasteiger partial charge in [-0.1, -0.05) is 6.07 Å². The Labute approximate surface area is 93.2 Å². The van der Waals surface area contributed by atoms with Crippen molar-refractivity contribution in [3.63, 3.8) is 0 Å². The topological polar surface area (TPSA) is 58.4 Å². The number of rotatable bonds is 1. The molecule has 5 heteroatoms. The molecule has 0 unspecified atom stereocenters. The molecule has 1 heterocycles. The summed E-state index contributed by atoms with van der Waals surface area (Å²) < 4.78 is 12.9. The molecule has 2 amide bonds. The number of carbonyl (C=O) groups excluding carboxylic acids is 1. The van der Waals surface area contributed by atoms with Crippen LogP contribution in [0.15, 0.2) is 24.3 Å². The Kier molecular flexibility index (Phi) is 2.55. The number of nitrogens with zero attached hydrogens (tertiary/aromatic N) is 1. The second-order valence-corrected chi connectivity index (χ2v) is 4.45. The second kappa shape index (κ2) is 3.75. The van der Waals surface area contributed by atoms with Crippen molar-refractivity contribution in [1.82, 2.24) is 4.90 Å². The monoisotopic (exact) mass is 223 g/mol. The summed E-state index contributed by atoms with van der Waals surface area (Å²) in [5.74, 6) is -0.370. The second-order valence-electron chi connectivity index (χ2n) is 4.45. The van der Waals surface area contributed by atoms with Crippen LogP contribution in [0.5, 0.6) is 0 Å². The highest BCUT2D eigenvalue weighted by Gasteiger charge is 2.37. The number of urea groups is 1. The number of benzene rings is 1. The summed E-state index contributed by atoms with van der Waals surface area (Å²) in [5.41, 5.74) is 5.95. The van der Waals surface area contributed by atoms with Crippen molar-refractivity contribution in [3.8, 4) is 0 Å². The maximum atomic E-state index is 12.9. The van der Waals surface area contributed by atoms with Gasteiger partial charge < -0.3 is 16.0 Å². The van der Waals surface area contributed by atoms with E-state index in [1.165, 1.54) is 12.1 Å². The molecule has 0 atom stereocenters. The van der Waals surface area contributed by atoms with Gasteiger partial charge in [0.25, 0.3) is 0 Å². The molecule has 1 aromatic carbocycles. The lowest BCUT2D eigenvalue weighted by Gasteiger charge is -2.45. The van der Waals surface area contributed by atoms with Gasteiger partial charge in [-0.2, -0.15) is 0 Å². The van der Waals surface area contributed by atoms with E-state index in [9.17, 15) is 9.18 Å². The van der Waals surface area contributed by atoms with Crippen LogP contribution < -0.4 is 11.1 Å². The number of halogens is 1. The summed E-state index contributed by atoms with van der Waals surface area (Å²) in [6.07, 6.45) is 0. The Morgan fingerprint density at radius 1 is 1.56 bits per heavy atom. The van der Waals surface area contributed by atoms with E-state index in [4.69, 9.17) is 5.73 Å². The van der Waals surface area contributed by atoms with E-state index >= 15 is 0 Å². The lowest BCUT2D eigenvalue weighted by molar-refractivity contribution is 0.117. The first kappa shape index (κ1) is 10.9. The number of hydrogen-bond acceptors (Lipinski definition) is 2. The fraction of sp³-hybridized carbons (Fsp3) is 0.364. The third kappa shape index (κ3) is 2.30. The summed E-state index contributed by atoms with van der Waals surface area (Å²) in [6.45, 7) is 2.93. The van der Waals surface area contributed by atoms with Gasteiger partial charge in [-0.25, -0.2) is 9.18 Å². The number of hydrogen-bond donors (Lipinski definition) is 2. The van der Waals surface area contributed by atoms with Crippen molar-refractivity contribution in [2.75, 3.05) is 18.4 Å². The molecule has 1 aromatic rings. The van der Waals surface area contributed by atoms with Crippen LogP contribution in [0.3, 0.4) is 0 Å². The van der Waals surface area contributed by atoms with E-state index in [0.717, 1.165) is 0 Å². The zero-order valence-electron chi connectivity index (χ0n) is 9.03. The number of carbonyl (C=O) groups is 1. The number of amides is 2. The largest absolute Gasteiger partial charge is 0.322 e. The highest BCUT2D eigenvalue weighted by molar-refractivity contribution is 5.90. The van der Waals surface area contributed by atoms with E-state index in [0.29, 0.717) is 18.8 Å². The Balaban J connectivity index is 1.94. The zero-order chi connectivity index (χ0) is 11.8. The Morgan fingerprint density at radius 2 is 2.25 bits per heavy atom. The molecule has 1 fully saturated rings. The molecule has 3 N–H and O–H groups in total. The van der Waals surface area contributed by atoms with Gasteiger partial charge in [-0.05, 0) is 25.1 Å². The summed E-state index contributed by atoms with van der Waals surface area (Å²) in [7, 11) is 0. The molecular formula is C11H14FN3O. The Bertz CT molecular complexity index is 411. The quantitative estimate of drug-likeness (QED) is 0.755. The minimum atomic E-state index is -0.370. The van der Waals surface area contributed by atoms with E-state index in [2.05, 4.69) is 5.32 Å². The molecule has 0 saturated carbocycles. The van der Waals surface area contributed by atoms with Gasteiger partial charge in [0.05, 0.1) is 0 Å². The van der Waals surface area contributed by atoms with Crippen LogP contribution in [-0.4, -0.2) is 29.6 Å². The van der Waals surface area contributed by atoms with Crippen molar-refractivity contribution < 1.29 is 9.18 Å². The number of likely N-dealkylation sites (tertiary alicyclic amines) is 1. The van der Waals surface area contributed by atoms with Gasteiger partial charge >= 0.3 is 6.03 Å². The summed E-state index contributed by atoms with van der Waals surface area (Å²) in [4.78, 5) is 13.2.